The van der Waals surface area contributed by atoms with Crippen LogP contribution in [0.3, 0.4) is 0 Å². The molecule has 1 atom stereocenters. The van der Waals surface area contributed by atoms with Gasteiger partial charge in [-0.1, -0.05) is 12.1 Å². The van der Waals surface area contributed by atoms with Gasteiger partial charge in [0.15, 0.2) is 0 Å². The van der Waals surface area contributed by atoms with E-state index in [1.54, 1.807) is 12.1 Å². The minimum absolute atomic E-state index is 0.0745. The van der Waals surface area contributed by atoms with Crippen molar-refractivity contribution >= 4 is 0 Å². The second kappa shape index (κ2) is 6.11. The second-order valence-electron chi connectivity index (χ2n) is 4.42. The largest absolute Gasteiger partial charge is 0.435 e. The summed E-state index contributed by atoms with van der Waals surface area (Å²) in [5, 5.41) is 0. The zero-order chi connectivity index (χ0) is 13.0. The van der Waals surface area contributed by atoms with Gasteiger partial charge in [0.25, 0.3) is 0 Å². The van der Waals surface area contributed by atoms with Crippen molar-refractivity contribution in [1.82, 2.24) is 0 Å². The summed E-state index contributed by atoms with van der Waals surface area (Å²) in [6.45, 7) is -1.31. The molecule has 1 aromatic carbocycles. The van der Waals surface area contributed by atoms with Gasteiger partial charge in [0.05, 0.1) is 0 Å². The van der Waals surface area contributed by atoms with Gasteiger partial charge in [0, 0.05) is 19.3 Å². The summed E-state index contributed by atoms with van der Waals surface area (Å²) < 4.78 is 33.6. The Morgan fingerprint density at radius 3 is 2.33 bits per heavy atom. The quantitative estimate of drug-likeness (QED) is 0.902. The molecule has 0 spiro atoms. The second-order valence-corrected chi connectivity index (χ2v) is 4.42. The first-order valence-corrected chi connectivity index (χ1v) is 6.05. The Morgan fingerprint density at radius 2 is 1.78 bits per heavy atom. The van der Waals surface area contributed by atoms with E-state index in [9.17, 15) is 8.78 Å². The molecule has 18 heavy (non-hydrogen) atoms. The van der Waals surface area contributed by atoms with Crippen LogP contribution in [0.2, 0.25) is 0 Å². The lowest BCUT2D eigenvalue weighted by Crippen LogP contribution is -2.27. The van der Waals surface area contributed by atoms with E-state index in [4.69, 9.17) is 10.5 Å². The van der Waals surface area contributed by atoms with Crippen molar-refractivity contribution in [1.29, 1.82) is 0 Å². The smallest absolute Gasteiger partial charge is 0.387 e. The van der Waals surface area contributed by atoms with E-state index in [2.05, 4.69) is 4.74 Å². The highest BCUT2D eigenvalue weighted by Crippen LogP contribution is 2.29. The van der Waals surface area contributed by atoms with Gasteiger partial charge >= 0.3 is 6.61 Å². The first-order valence-electron chi connectivity index (χ1n) is 6.05. The van der Waals surface area contributed by atoms with Crippen LogP contribution in [-0.2, 0) is 4.74 Å². The van der Waals surface area contributed by atoms with Crippen LogP contribution in [-0.4, -0.2) is 19.8 Å². The normalized spacial score (nSPS) is 18.9. The van der Waals surface area contributed by atoms with E-state index in [1.807, 2.05) is 0 Å². The molecule has 0 saturated carbocycles. The van der Waals surface area contributed by atoms with E-state index in [-0.39, 0.29) is 11.8 Å². The zero-order valence-electron chi connectivity index (χ0n) is 10.0. The van der Waals surface area contributed by atoms with E-state index < -0.39 is 6.61 Å². The van der Waals surface area contributed by atoms with E-state index in [0.717, 1.165) is 31.6 Å². The molecule has 1 aliphatic heterocycles. The van der Waals surface area contributed by atoms with Crippen molar-refractivity contribution < 1.29 is 18.3 Å². The van der Waals surface area contributed by atoms with Gasteiger partial charge in [-0.15, -0.1) is 0 Å². The van der Waals surface area contributed by atoms with Gasteiger partial charge in [-0.3, -0.25) is 0 Å². The molecule has 0 aliphatic carbocycles. The topological polar surface area (TPSA) is 44.5 Å². The summed E-state index contributed by atoms with van der Waals surface area (Å²) in [6.07, 6.45) is 1.88. The number of rotatable bonds is 4. The Morgan fingerprint density at radius 1 is 1.17 bits per heavy atom. The number of halogens is 2. The predicted molar refractivity (Wildman–Crippen MR) is 63.5 cm³/mol. The summed E-state index contributed by atoms with van der Waals surface area (Å²) in [7, 11) is 0. The molecule has 1 unspecified atom stereocenters. The fourth-order valence-electron chi connectivity index (χ4n) is 2.22. The SMILES string of the molecule is NC(c1ccc(OC(F)F)cc1)C1CCOCC1. The summed E-state index contributed by atoms with van der Waals surface area (Å²) in [5.74, 6) is 0.550. The Hall–Kier alpha value is -1.20. The summed E-state index contributed by atoms with van der Waals surface area (Å²) in [6, 6.07) is 6.48. The van der Waals surface area contributed by atoms with Gasteiger partial charge in [-0.25, -0.2) is 0 Å². The summed E-state index contributed by atoms with van der Waals surface area (Å²) in [4.78, 5) is 0. The van der Waals surface area contributed by atoms with Crippen LogP contribution < -0.4 is 10.5 Å². The van der Waals surface area contributed by atoms with Gasteiger partial charge in [0.2, 0.25) is 0 Å². The average molecular weight is 257 g/mol. The van der Waals surface area contributed by atoms with Gasteiger partial charge < -0.3 is 15.2 Å². The predicted octanol–water partition coefficient (Wildman–Crippen LogP) is 2.71. The van der Waals surface area contributed by atoms with Gasteiger partial charge in [-0.05, 0) is 36.5 Å². The molecular formula is C13H17F2NO2. The monoisotopic (exact) mass is 257 g/mol. The first kappa shape index (κ1) is 13.2. The molecular weight excluding hydrogens is 240 g/mol. The van der Waals surface area contributed by atoms with Crippen molar-refractivity contribution in [3.8, 4) is 5.75 Å². The molecule has 2 rings (SSSR count). The van der Waals surface area contributed by atoms with Crippen LogP contribution in [0, 0.1) is 5.92 Å². The maximum atomic E-state index is 12.0. The number of nitrogens with two attached hydrogens (primary N) is 1. The first-order chi connectivity index (χ1) is 8.66. The molecule has 0 amide bonds. The number of hydrogen-bond donors (Lipinski definition) is 1. The van der Waals surface area contributed by atoms with E-state index in [0.29, 0.717) is 5.92 Å². The van der Waals surface area contributed by atoms with Crippen LogP contribution in [0.4, 0.5) is 8.78 Å². The molecule has 1 saturated heterocycles. The molecule has 1 heterocycles. The Bertz CT molecular complexity index is 364. The third-order valence-electron chi connectivity index (χ3n) is 3.26. The highest BCUT2D eigenvalue weighted by Gasteiger charge is 2.22. The van der Waals surface area contributed by atoms with Crippen molar-refractivity contribution in [2.75, 3.05) is 13.2 Å². The standard InChI is InChI=1S/C13H17F2NO2/c14-13(15)18-11-3-1-9(2-4-11)12(16)10-5-7-17-8-6-10/h1-4,10,12-13H,5-8,16H2. The minimum Gasteiger partial charge on any atom is -0.435 e. The maximum absolute atomic E-state index is 12.0. The van der Waals surface area contributed by atoms with Crippen LogP contribution in [0.25, 0.3) is 0 Å². The number of alkyl halides is 2. The highest BCUT2D eigenvalue weighted by atomic mass is 19.3. The third-order valence-corrected chi connectivity index (χ3v) is 3.26. The molecule has 5 heteroatoms. The van der Waals surface area contributed by atoms with Crippen molar-refractivity contribution in [3.63, 3.8) is 0 Å². The average Bonchev–Trinajstić information content (AvgIpc) is 2.39. The number of hydrogen-bond acceptors (Lipinski definition) is 3. The lowest BCUT2D eigenvalue weighted by molar-refractivity contribution is -0.0498. The molecule has 3 nitrogen and oxygen atoms in total. The molecule has 0 bridgehead atoms. The summed E-state index contributed by atoms with van der Waals surface area (Å²) in [5.41, 5.74) is 7.12. The zero-order valence-corrected chi connectivity index (χ0v) is 10.0. The molecule has 0 radical (unpaired) electrons. The lowest BCUT2D eigenvalue weighted by atomic mass is 9.88. The molecule has 1 aromatic rings. The van der Waals surface area contributed by atoms with Crippen molar-refractivity contribution in [3.05, 3.63) is 29.8 Å². The number of benzene rings is 1. The highest BCUT2D eigenvalue weighted by molar-refractivity contribution is 5.29. The molecule has 1 aliphatic rings. The molecule has 2 N–H and O–H groups in total. The maximum Gasteiger partial charge on any atom is 0.387 e. The van der Waals surface area contributed by atoms with Crippen LogP contribution in [0.1, 0.15) is 24.4 Å². The van der Waals surface area contributed by atoms with Crippen LogP contribution in [0.5, 0.6) is 5.75 Å². The fourth-order valence-corrected chi connectivity index (χ4v) is 2.22. The molecule has 0 aromatic heterocycles. The van der Waals surface area contributed by atoms with Crippen molar-refractivity contribution in [2.24, 2.45) is 11.7 Å². The van der Waals surface area contributed by atoms with Gasteiger partial charge in [0.1, 0.15) is 5.75 Å². The van der Waals surface area contributed by atoms with Crippen molar-refractivity contribution in [2.45, 2.75) is 25.5 Å². The Kier molecular flexibility index (Phi) is 4.49. The Balaban J connectivity index is 1.99. The van der Waals surface area contributed by atoms with E-state index >= 15 is 0 Å². The fraction of sp³-hybridized carbons (Fsp3) is 0.538. The summed E-state index contributed by atoms with van der Waals surface area (Å²) >= 11 is 0. The lowest BCUT2D eigenvalue weighted by Gasteiger charge is -2.27. The minimum atomic E-state index is -2.79. The third kappa shape index (κ3) is 3.40. The molecule has 1 fully saturated rings. The number of ether oxygens (including phenoxy) is 2. The van der Waals surface area contributed by atoms with E-state index in [1.165, 1.54) is 12.1 Å². The van der Waals surface area contributed by atoms with Gasteiger partial charge in [-0.2, -0.15) is 8.78 Å². The Labute approximate surface area is 105 Å². The molecule has 100 valence electrons. The van der Waals surface area contributed by atoms with Crippen LogP contribution >= 0.6 is 0 Å². The van der Waals surface area contributed by atoms with Crippen LogP contribution in [0.15, 0.2) is 24.3 Å².